The van der Waals surface area contributed by atoms with Crippen molar-refractivity contribution < 1.29 is 0 Å². The average Bonchev–Trinajstić information content (AvgIpc) is 2.47. The Balaban J connectivity index is 3.01. The van der Waals surface area contributed by atoms with Crippen molar-refractivity contribution in [2.45, 2.75) is 96.8 Å². The van der Waals surface area contributed by atoms with Gasteiger partial charge in [-0.05, 0) is 45.7 Å². The molecule has 0 bridgehead atoms. The van der Waals surface area contributed by atoms with Crippen molar-refractivity contribution in [3.05, 3.63) is 12.2 Å². The standard InChI is InChI=1S/C19H39N/c1-3-4-5-6-7-8-9-10-11-12-13-14-15-16-17-18-19-20-2/h10-11,20H,3-9,12-19H2,1-2H3/b11-10+. The lowest BCUT2D eigenvalue weighted by atomic mass is 10.1. The van der Waals surface area contributed by atoms with E-state index < -0.39 is 0 Å². The largest absolute Gasteiger partial charge is 0.320 e. The molecular weight excluding hydrogens is 242 g/mol. The van der Waals surface area contributed by atoms with Crippen molar-refractivity contribution in [3.63, 3.8) is 0 Å². The summed E-state index contributed by atoms with van der Waals surface area (Å²) in [6.07, 6.45) is 24.3. The highest BCUT2D eigenvalue weighted by Gasteiger charge is 1.90. The first kappa shape index (κ1) is 19.7. The van der Waals surface area contributed by atoms with Gasteiger partial charge < -0.3 is 5.32 Å². The summed E-state index contributed by atoms with van der Waals surface area (Å²) < 4.78 is 0. The smallest absolute Gasteiger partial charge is 0.00519 e. The van der Waals surface area contributed by atoms with Crippen LogP contribution in [0.15, 0.2) is 12.2 Å². The molecule has 0 aromatic carbocycles. The summed E-state index contributed by atoms with van der Waals surface area (Å²) in [7, 11) is 2.04. The predicted molar refractivity (Wildman–Crippen MR) is 93.4 cm³/mol. The zero-order valence-corrected chi connectivity index (χ0v) is 14.3. The minimum absolute atomic E-state index is 1.18. The van der Waals surface area contributed by atoms with Crippen LogP contribution < -0.4 is 5.32 Å². The first-order chi connectivity index (χ1) is 9.91. The van der Waals surface area contributed by atoms with Crippen LogP contribution in [0.2, 0.25) is 0 Å². The Labute approximate surface area is 128 Å². The fourth-order valence-corrected chi connectivity index (χ4v) is 2.55. The van der Waals surface area contributed by atoms with Crippen LogP contribution in [-0.4, -0.2) is 13.6 Å². The van der Waals surface area contributed by atoms with E-state index in [4.69, 9.17) is 0 Å². The highest BCUT2D eigenvalue weighted by atomic mass is 14.8. The second kappa shape index (κ2) is 18.7. The molecule has 0 aromatic rings. The third kappa shape index (κ3) is 17.7. The van der Waals surface area contributed by atoms with Crippen molar-refractivity contribution in [1.29, 1.82) is 0 Å². The fraction of sp³-hybridized carbons (Fsp3) is 0.895. The van der Waals surface area contributed by atoms with Crippen LogP contribution in [0.1, 0.15) is 96.8 Å². The number of allylic oxidation sites excluding steroid dienone is 2. The molecule has 0 rings (SSSR count). The van der Waals surface area contributed by atoms with E-state index in [0.29, 0.717) is 0 Å². The predicted octanol–water partition coefficient (Wildman–Crippen LogP) is 6.24. The Morgan fingerprint density at radius 2 is 1.05 bits per heavy atom. The zero-order valence-electron chi connectivity index (χ0n) is 14.3. The Morgan fingerprint density at radius 3 is 1.55 bits per heavy atom. The third-order valence-corrected chi connectivity index (χ3v) is 3.94. The minimum Gasteiger partial charge on any atom is -0.320 e. The quantitative estimate of drug-likeness (QED) is 0.261. The van der Waals surface area contributed by atoms with Crippen LogP contribution in [0.4, 0.5) is 0 Å². The molecule has 0 saturated heterocycles. The van der Waals surface area contributed by atoms with E-state index in [0.717, 1.165) is 0 Å². The van der Waals surface area contributed by atoms with Gasteiger partial charge >= 0.3 is 0 Å². The van der Waals surface area contributed by atoms with Gasteiger partial charge in [-0.1, -0.05) is 76.9 Å². The van der Waals surface area contributed by atoms with E-state index in [1.54, 1.807) is 0 Å². The third-order valence-electron chi connectivity index (χ3n) is 3.94. The second-order valence-corrected chi connectivity index (χ2v) is 6.04. The van der Waals surface area contributed by atoms with E-state index in [-0.39, 0.29) is 0 Å². The molecule has 1 heteroatoms. The van der Waals surface area contributed by atoms with Gasteiger partial charge in [0.2, 0.25) is 0 Å². The fourth-order valence-electron chi connectivity index (χ4n) is 2.55. The molecule has 0 radical (unpaired) electrons. The molecule has 0 atom stereocenters. The molecule has 0 fully saturated rings. The second-order valence-electron chi connectivity index (χ2n) is 6.04. The molecule has 0 aliphatic rings. The van der Waals surface area contributed by atoms with E-state index in [1.165, 1.54) is 96.4 Å². The summed E-state index contributed by atoms with van der Waals surface area (Å²) in [5.41, 5.74) is 0. The van der Waals surface area contributed by atoms with Gasteiger partial charge in [0.15, 0.2) is 0 Å². The van der Waals surface area contributed by atoms with Crippen LogP contribution in [0.5, 0.6) is 0 Å². The summed E-state index contributed by atoms with van der Waals surface area (Å²) in [5.74, 6) is 0. The maximum Gasteiger partial charge on any atom is -0.00519 e. The molecule has 1 N–H and O–H groups in total. The summed E-state index contributed by atoms with van der Waals surface area (Å²) in [4.78, 5) is 0. The molecule has 0 heterocycles. The number of unbranched alkanes of at least 4 members (excludes halogenated alkanes) is 12. The number of hydrogen-bond acceptors (Lipinski definition) is 1. The lowest BCUT2D eigenvalue weighted by Gasteiger charge is -2.00. The normalized spacial score (nSPS) is 11.5. The Kier molecular flexibility index (Phi) is 18.4. The van der Waals surface area contributed by atoms with Crippen molar-refractivity contribution in [2.24, 2.45) is 0 Å². The maximum atomic E-state index is 3.21. The molecular formula is C19H39N. The van der Waals surface area contributed by atoms with Crippen LogP contribution in [-0.2, 0) is 0 Å². The molecule has 1 nitrogen and oxygen atoms in total. The maximum absolute atomic E-state index is 3.21. The van der Waals surface area contributed by atoms with E-state index in [2.05, 4.69) is 24.4 Å². The van der Waals surface area contributed by atoms with Gasteiger partial charge in [-0.2, -0.15) is 0 Å². The Morgan fingerprint density at radius 1 is 0.600 bits per heavy atom. The molecule has 0 saturated carbocycles. The summed E-state index contributed by atoms with van der Waals surface area (Å²) in [6.45, 7) is 3.46. The minimum atomic E-state index is 1.18. The van der Waals surface area contributed by atoms with E-state index >= 15 is 0 Å². The van der Waals surface area contributed by atoms with Gasteiger partial charge in [0.1, 0.15) is 0 Å². The van der Waals surface area contributed by atoms with Gasteiger partial charge in [-0.3, -0.25) is 0 Å². The molecule has 0 spiro atoms. The lowest BCUT2D eigenvalue weighted by molar-refractivity contribution is 0.583. The lowest BCUT2D eigenvalue weighted by Crippen LogP contribution is -2.06. The molecule has 20 heavy (non-hydrogen) atoms. The van der Waals surface area contributed by atoms with Gasteiger partial charge in [0, 0.05) is 0 Å². The van der Waals surface area contributed by atoms with Crippen molar-refractivity contribution in [1.82, 2.24) is 5.32 Å². The average molecular weight is 282 g/mol. The number of hydrogen-bond donors (Lipinski definition) is 1. The molecule has 0 aliphatic heterocycles. The molecule has 0 unspecified atom stereocenters. The van der Waals surface area contributed by atoms with Crippen molar-refractivity contribution in [2.75, 3.05) is 13.6 Å². The zero-order chi connectivity index (χ0) is 14.7. The van der Waals surface area contributed by atoms with Crippen LogP contribution >= 0.6 is 0 Å². The molecule has 0 aromatic heterocycles. The number of nitrogens with one attached hydrogen (secondary N) is 1. The molecule has 0 aliphatic carbocycles. The highest BCUT2D eigenvalue weighted by molar-refractivity contribution is 4.81. The Hall–Kier alpha value is -0.300. The first-order valence-electron chi connectivity index (χ1n) is 9.21. The highest BCUT2D eigenvalue weighted by Crippen LogP contribution is 2.09. The van der Waals surface area contributed by atoms with Crippen LogP contribution in [0, 0.1) is 0 Å². The Bertz CT molecular complexity index is 186. The van der Waals surface area contributed by atoms with Gasteiger partial charge in [-0.25, -0.2) is 0 Å². The van der Waals surface area contributed by atoms with E-state index in [1.807, 2.05) is 7.05 Å². The van der Waals surface area contributed by atoms with Crippen LogP contribution in [0.3, 0.4) is 0 Å². The van der Waals surface area contributed by atoms with Crippen molar-refractivity contribution in [3.8, 4) is 0 Å². The van der Waals surface area contributed by atoms with Crippen LogP contribution in [0.25, 0.3) is 0 Å². The van der Waals surface area contributed by atoms with Gasteiger partial charge in [0.05, 0.1) is 0 Å². The topological polar surface area (TPSA) is 12.0 Å². The van der Waals surface area contributed by atoms with E-state index in [9.17, 15) is 0 Å². The SMILES string of the molecule is CCCCCCCC/C=C/CCCCCCCCNC. The summed E-state index contributed by atoms with van der Waals surface area (Å²) >= 11 is 0. The van der Waals surface area contributed by atoms with Crippen molar-refractivity contribution >= 4 is 0 Å². The summed E-state index contributed by atoms with van der Waals surface area (Å²) in [6, 6.07) is 0. The first-order valence-corrected chi connectivity index (χ1v) is 9.21. The summed E-state index contributed by atoms with van der Waals surface area (Å²) in [5, 5.41) is 3.21. The molecule has 0 amide bonds. The molecule has 120 valence electrons. The number of rotatable bonds is 16. The monoisotopic (exact) mass is 281 g/mol. The van der Waals surface area contributed by atoms with Gasteiger partial charge in [-0.15, -0.1) is 0 Å². The van der Waals surface area contributed by atoms with Gasteiger partial charge in [0.25, 0.3) is 0 Å².